The Balaban J connectivity index is 1.13. The molecule has 2 aromatic heterocycles. The number of nitrogens with zero attached hydrogens (tertiary/aromatic N) is 2. The largest absolute Gasteiger partial charge is 0.310 e. The number of rotatable bonds is 5. The van der Waals surface area contributed by atoms with E-state index in [1.54, 1.807) is 0 Å². The molecule has 0 bridgehead atoms. The number of aromatic nitrogens is 2. The van der Waals surface area contributed by atoms with Crippen LogP contribution in [0.5, 0.6) is 0 Å². The molecule has 0 saturated carbocycles. The number of hydrogen-bond donors (Lipinski definition) is 0. The summed E-state index contributed by atoms with van der Waals surface area (Å²) in [6.07, 6.45) is 4.36. The summed E-state index contributed by atoms with van der Waals surface area (Å²) >= 11 is 0. The van der Waals surface area contributed by atoms with Crippen LogP contribution in [-0.2, 0) is 5.41 Å². The zero-order valence-corrected chi connectivity index (χ0v) is 30.6. The van der Waals surface area contributed by atoms with Crippen molar-refractivity contribution in [2.45, 2.75) is 33.1 Å². The molecule has 10 rings (SSSR count). The van der Waals surface area contributed by atoms with Gasteiger partial charge in [0.2, 0.25) is 0 Å². The van der Waals surface area contributed by atoms with Gasteiger partial charge in [0.05, 0.1) is 16.6 Å². The molecule has 9 aromatic rings. The summed E-state index contributed by atoms with van der Waals surface area (Å²) in [6, 6.07) is 58.3. The van der Waals surface area contributed by atoms with Crippen LogP contribution < -0.4 is 0 Å². The number of benzene rings is 7. The van der Waals surface area contributed by atoms with E-state index >= 15 is 0 Å². The molecule has 2 heterocycles. The molecule has 0 saturated heterocycles. The van der Waals surface area contributed by atoms with Gasteiger partial charge in [0.15, 0.2) is 0 Å². The number of fused-ring (bicyclic) bond motifs is 7. The van der Waals surface area contributed by atoms with E-state index in [0.717, 1.165) is 11.4 Å². The lowest BCUT2D eigenvalue weighted by Crippen LogP contribution is -2.14. The van der Waals surface area contributed by atoms with Crippen LogP contribution in [0.3, 0.4) is 0 Å². The minimum Gasteiger partial charge on any atom is -0.310 e. The summed E-state index contributed by atoms with van der Waals surface area (Å²) in [7, 11) is 0. The monoisotopic (exact) mass is 680 g/mol. The van der Waals surface area contributed by atoms with Crippen molar-refractivity contribution in [3.05, 3.63) is 186 Å². The molecule has 254 valence electrons. The Hall–Kier alpha value is -6.38. The van der Waals surface area contributed by atoms with Crippen molar-refractivity contribution in [2.24, 2.45) is 0 Å². The highest BCUT2D eigenvalue weighted by Gasteiger charge is 2.36. The Kier molecular flexibility index (Phi) is 7.00. The number of hydrogen-bond acceptors (Lipinski definition) is 0. The van der Waals surface area contributed by atoms with Gasteiger partial charge >= 0.3 is 0 Å². The predicted octanol–water partition coefficient (Wildman–Crippen LogP) is 13.7. The highest BCUT2D eigenvalue weighted by Crippen LogP contribution is 2.51. The van der Waals surface area contributed by atoms with Crippen LogP contribution in [0.1, 0.15) is 43.2 Å². The Morgan fingerprint density at radius 3 is 1.87 bits per heavy atom. The first-order valence-corrected chi connectivity index (χ1v) is 18.6. The molecule has 0 fully saturated rings. The van der Waals surface area contributed by atoms with Gasteiger partial charge in [-0.25, -0.2) is 0 Å². The van der Waals surface area contributed by atoms with Gasteiger partial charge in [-0.1, -0.05) is 129 Å². The maximum absolute atomic E-state index is 2.46. The molecule has 1 aliphatic carbocycles. The first-order valence-electron chi connectivity index (χ1n) is 18.6. The Bertz CT molecular complexity index is 2910. The molecule has 0 radical (unpaired) electrons. The van der Waals surface area contributed by atoms with Crippen molar-refractivity contribution < 1.29 is 0 Å². The molecule has 0 aliphatic heterocycles. The molecule has 53 heavy (non-hydrogen) atoms. The molecule has 0 unspecified atom stereocenters. The average Bonchev–Trinajstić information content (AvgIpc) is 3.76. The Labute approximate surface area is 310 Å². The molecule has 0 N–H and O–H groups in total. The van der Waals surface area contributed by atoms with Crippen molar-refractivity contribution in [1.82, 2.24) is 9.13 Å². The molecule has 0 atom stereocenters. The summed E-state index contributed by atoms with van der Waals surface area (Å²) in [5.41, 5.74) is 18.8. The van der Waals surface area contributed by atoms with Gasteiger partial charge < -0.3 is 9.13 Å². The van der Waals surface area contributed by atoms with Crippen molar-refractivity contribution in [2.75, 3.05) is 0 Å². The van der Waals surface area contributed by atoms with E-state index in [1.165, 1.54) is 88.5 Å². The van der Waals surface area contributed by atoms with E-state index in [9.17, 15) is 0 Å². The smallest absolute Gasteiger partial charge is 0.0544 e. The van der Waals surface area contributed by atoms with E-state index in [1.807, 2.05) is 0 Å². The second-order valence-electron chi connectivity index (χ2n) is 14.9. The SMILES string of the molecule is C/C=C\c1c(C)c2ccccc2n1-c1ccc(-c2ccc(-n3c4ccccc4c4cc5c(cc43)C(C)(C)c3ccccc3-5)cc2)c(-c2ccccc2)c1. The van der Waals surface area contributed by atoms with Crippen molar-refractivity contribution >= 4 is 38.8 Å². The minimum absolute atomic E-state index is 0.0650. The van der Waals surface area contributed by atoms with Gasteiger partial charge in [-0.05, 0) is 119 Å². The summed E-state index contributed by atoms with van der Waals surface area (Å²) < 4.78 is 4.86. The summed E-state index contributed by atoms with van der Waals surface area (Å²) in [6.45, 7) is 9.05. The number of aryl methyl sites for hydroxylation is 1. The highest BCUT2D eigenvalue weighted by atomic mass is 15.0. The highest BCUT2D eigenvalue weighted by molar-refractivity contribution is 6.11. The summed E-state index contributed by atoms with van der Waals surface area (Å²) in [4.78, 5) is 0. The zero-order chi connectivity index (χ0) is 35.8. The molecule has 0 spiro atoms. The molecule has 7 aromatic carbocycles. The quantitative estimate of drug-likeness (QED) is 0.171. The minimum atomic E-state index is -0.0650. The molecule has 0 amide bonds. The Morgan fingerprint density at radius 1 is 0.453 bits per heavy atom. The van der Waals surface area contributed by atoms with Crippen LogP contribution in [-0.4, -0.2) is 9.13 Å². The van der Waals surface area contributed by atoms with Crippen LogP contribution in [0.15, 0.2) is 164 Å². The van der Waals surface area contributed by atoms with Gasteiger partial charge in [0.1, 0.15) is 0 Å². The maximum atomic E-state index is 2.46. The van der Waals surface area contributed by atoms with Gasteiger partial charge in [-0.3, -0.25) is 0 Å². The van der Waals surface area contributed by atoms with Gasteiger partial charge in [-0.2, -0.15) is 0 Å². The normalized spacial score (nSPS) is 13.4. The third-order valence-corrected chi connectivity index (χ3v) is 11.7. The molecular weight excluding hydrogens is 641 g/mol. The van der Waals surface area contributed by atoms with Gasteiger partial charge in [0, 0.05) is 38.6 Å². The lowest BCUT2D eigenvalue weighted by molar-refractivity contribution is 0.661. The molecule has 2 nitrogen and oxygen atoms in total. The number of allylic oxidation sites excluding steroid dienone is 1. The second kappa shape index (κ2) is 11.8. The van der Waals surface area contributed by atoms with Gasteiger partial charge in [-0.15, -0.1) is 0 Å². The topological polar surface area (TPSA) is 9.86 Å². The summed E-state index contributed by atoms with van der Waals surface area (Å²) in [5, 5.41) is 3.86. The van der Waals surface area contributed by atoms with Crippen LogP contribution in [0.25, 0.3) is 83.5 Å². The first kappa shape index (κ1) is 31.4. The second-order valence-corrected chi connectivity index (χ2v) is 14.9. The lowest BCUT2D eigenvalue weighted by Gasteiger charge is -2.21. The van der Waals surface area contributed by atoms with E-state index in [2.05, 4.69) is 207 Å². The van der Waals surface area contributed by atoms with Gasteiger partial charge in [0.25, 0.3) is 0 Å². The maximum Gasteiger partial charge on any atom is 0.0544 e. The van der Waals surface area contributed by atoms with E-state index in [4.69, 9.17) is 0 Å². The molecule has 1 aliphatic rings. The Morgan fingerprint density at radius 2 is 1.09 bits per heavy atom. The van der Waals surface area contributed by atoms with E-state index in [-0.39, 0.29) is 5.41 Å². The zero-order valence-electron chi connectivity index (χ0n) is 30.6. The van der Waals surface area contributed by atoms with E-state index in [0.29, 0.717) is 0 Å². The summed E-state index contributed by atoms with van der Waals surface area (Å²) in [5.74, 6) is 0. The average molecular weight is 681 g/mol. The third kappa shape index (κ3) is 4.65. The first-order chi connectivity index (χ1) is 25.9. The third-order valence-electron chi connectivity index (χ3n) is 11.7. The standard InChI is InChI=1S/C51H40N2/c1-5-15-47-33(2)38-18-10-13-22-48(38)53(47)37-28-29-39(42(30-37)34-16-7-6-8-17-34)35-24-26-36(27-25-35)52-49-23-14-11-20-41(49)44-31-43-40-19-9-12-21-45(40)51(3,4)46(43)32-50(44)52/h5-32H,1-4H3/b15-5-. The fourth-order valence-electron chi connectivity index (χ4n) is 9.07. The fourth-order valence-corrected chi connectivity index (χ4v) is 9.07. The van der Waals surface area contributed by atoms with Crippen molar-refractivity contribution in [3.8, 4) is 44.8 Å². The van der Waals surface area contributed by atoms with Crippen LogP contribution in [0, 0.1) is 6.92 Å². The lowest BCUT2D eigenvalue weighted by atomic mass is 9.82. The van der Waals surface area contributed by atoms with E-state index < -0.39 is 0 Å². The predicted molar refractivity (Wildman–Crippen MR) is 225 cm³/mol. The van der Waals surface area contributed by atoms with Crippen molar-refractivity contribution in [3.63, 3.8) is 0 Å². The molecular formula is C51H40N2. The van der Waals surface area contributed by atoms with Crippen LogP contribution in [0.4, 0.5) is 0 Å². The van der Waals surface area contributed by atoms with Crippen LogP contribution in [0.2, 0.25) is 0 Å². The molecule has 2 heteroatoms. The van der Waals surface area contributed by atoms with Crippen LogP contribution >= 0.6 is 0 Å². The number of para-hydroxylation sites is 2. The van der Waals surface area contributed by atoms with Crippen molar-refractivity contribution in [1.29, 1.82) is 0 Å². The fraction of sp³-hybridized carbons (Fsp3) is 0.0980.